The normalized spacial score (nSPS) is 16.4. The van der Waals surface area contributed by atoms with Crippen LogP contribution in [0, 0.1) is 0 Å². The highest BCUT2D eigenvalue weighted by Crippen LogP contribution is 2.36. The number of thiazole rings is 1. The molecule has 2 aromatic rings. The molecule has 0 spiro atoms. The number of nitrogens with zero attached hydrogens (tertiary/aromatic N) is 1. The molecule has 0 radical (unpaired) electrons. The van der Waals surface area contributed by atoms with Gasteiger partial charge in [0.15, 0.2) is 5.13 Å². The molecular formula is C14H16N2O3S. The Morgan fingerprint density at radius 1 is 1.45 bits per heavy atom. The number of nitrogens with two attached hydrogens (primary N) is 1. The SMILES string of the molecule is COC(=O)c1cc(C2CCOCC2)c2nc(N)sc2c1. The molecule has 1 aromatic heterocycles. The highest BCUT2D eigenvalue weighted by Gasteiger charge is 2.22. The van der Waals surface area contributed by atoms with Gasteiger partial charge in [-0.15, -0.1) is 0 Å². The molecule has 0 amide bonds. The van der Waals surface area contributed by atoms with E-state index in [-0.39, 0.29) is 5.97 Å². The number of benzene rings is 1. The van der Waals surface area contributed by atoms with Crippen LogP contribution in [0.4, 0.5) is 5.13 Å². The maximum absolute atomic E-state index is 11.8. The molecule has 1 aliphatic heterocycles. The molecule has 2 N–H and O–H groups in total. The Hall–Kier alpha value is -1.66. The van der Waals surface area contributed by atoms with E-state index in [2.05, 4.69) is 4.98 Å². The summed E-state index contributed by atoms with van der Waals surface area (Å²) in [6, 6.07) is 3.70. The lowest BCUT2D eigenvalue weighted by molar-refractivity contribution is 0.0600. The number of nitrogen functional groups attached to an aromatic ring is 1. The first-order valence-electron chi connectivity index (χ1n) is 6.55. The van der Waals surface area contributed by atoms with Crippen molar-refractivity contribution in [3.8, 4) is 0 Å². The Kier molecular flexibility index (Phi) is 3.58. The summed E-state index contributed by atoms with van der Waals surface area (Å²) >= 11 is 1.40. The van der Waals surface area contributed by atoms with Crippen molar-refractivity contribution >= 4 is 32.7 Å². The number of methoxy groups -OCH3 is 1. The van der Waals surface area contributed by atoms with Crippen LogP contribution in [0.25, 0.3) is 10.2 Å². The van der Waals surface area contributed by atoms with Crippen LogP contribution in [0.1, 0.15) is 34.7 Å². The Morgan fingerprint density at radius 2 is 2.20 bits per heavy atom. The van der Waals surface area contributed by atoms with Crippen LogP contribution in [-0.2, 0) is 9.47 Å². The van der Waals surface area contributed by atoms with Crippen LogP contribution in [0.2, 0.25) is 0 Å². The molecule has 1 saturated heterocycles. The summed E-state index contributed by atoms with van der Waals surface area (Å²) in [5, 5.41) is 0.523. The minimum Gasteiger partial charge on any atom is -0.465 e. The van der Waals surface area contributed by atoms with Crippen LogP contribution in [0.15, 0.2) is 12.1 Å². The molecule has 0 atom stereocenters. The van der Waals surface area contributed by atoms with Crippen molar-refractivity contribution in [2.75, 3.05) is 26.1 Å². The number of anilines is 1. The summed E-state index contributed by atoms with van der Waals surface area (Å²) in [5.41, 5.74) is 8.37. The Morgan fingerprint density at radius 3 is 2.90 bits per heavy atom. The molecule has 5 nitrogen and oxygen atoms in total. The molecule has 1 aromatic carbocycles. The number of hydrogen-bond acceptors (Lipinski definition) is 6. The molecule has 0 aliphatic carbocycles. The van der Waals surface area contributed by atoms with Crippen molar-refractivity contribution < 1.29 is 14.3 Å². The molecule has 0 bridgehead atoms. The first kappa shape index (κ1) is 13.3. The van der Waals surface area contributed by atoms with Gasteiger partial charge in [0.25, 0.3) is 0 Å². The largest absolute Gasteiger partial charge is 0.465 e. The van der Waals surface area contributed by atoms with Gasteiger partial charge in [0.2, 0.25) is 0 Å². The van der Waals surface area contributed by atoms with Crippen molar-refractivity contribution in [3.05, 3.63) is 23.3 Å². The van der Waals surface area contributed by atoms with Gasteiger partial charge in [-0.2, -0.15) is 0 Å². The average molecular weight is 292 g/mol. The summed E-state index contributed by atoms with van der Waals surface area (Å²) in [6.07, 6.45) is 1.88. The van der Waals surface area contributed by atoms with E-state index in [4.69, 9.17) is 15.2 Å². The molecule has 0 unspecified atom stereocenters. The number of carbonyl (C=O) groups is 1. The monoisotopic (exact) mass is 292 g/mol. The van der Waals surface area contributed by atoms with Gasteiger partial charge in [0.1, 0.15) is 0 Å². The molecule has 20 heavy (non-hydrogen) atoms. The lowest BCUT2D eigenvalue weighted by Crippen LogP contribution is -2.15. The second-order valence-electron chi connectivity index (χ2n) is 4.84. The van der Waals surface area contributed by atoms with Crippen molar-refractivity contribution in [2.45, 2.75) is 18.8 Å². The quantitative estimate of drug-likeness (QED) is 0.861. The maximum Gasteiger partial charge on any atom is 0.337 e. The third-order valence-corrected chi connectivity index (χ3v) is 4.45. The van der Waals surface area contributed by atoms with Gasteiger partial charge >= 0.3 is 5.97 Å². The topological polar surface area (TPSA) is 74.4 Å². The summed E-state index contributed by atoms with van der Waals surface area (Å²) in [6.45, 7) is 1.49. The predicted molar refractivity (Wildman–Crippen MR) is 78.2 cm³/mol. The van der Waals surface area contributed by atoms with Crippen molar-refractivity contribution in [1.82, 2.24) is 4.98 Å². The Labute approximate surface area is 120 Å². The molecule has 3 rings (SSSR count). The van der Waals surface area contributed by atoms with Gasteiger partial charge in [0, 0.05) is 13.2 Å². The third-order valence-electron chi connectivity index (χ3n) is 3.62. The smallest absolute Gasteiger partial charge is 0.337 e. The molecule has 1 fully saturated rings. The second kappa shape index (κ2) is 5.38. The summed E-state index contributed by atoms with van der Waals surface area (Å²) in [7, 11) is 1.39. The van der Waals surface area contributed by atoms with E-state index >= 15 is 0 Å². The van der Waals surface area contributed by atoms with Gasteiger partial charge in [-0.1, -0.05) is 11.3 Å². The van der Waals surface area contributed by atoms with Crippen LogP contribution in [0.5, 0.6) is 0 Å². The summed E-state index contributed by atoms with van der Waals surface area (Å²) in [5.74, 6) is 0.0320. The van der Waals surface area contributed by atoms with E-state index in [1.165, 1.54) is 18.4 Å². The number of aromatic nitrogens is 1. The lowest BCUT2D eigenvalue weighted by atomic mass is 9.90. The first-order chi connectivity index (χ1) is 9.69. The van der Waals surface area contributed by atoms with E-state index in [9.17, 15) is 4.79 Å². The standard InChI is InChI=1S/C14H16N2O3S/c1-18-13(17)9-6-10(8-2-4-19-5-3-8)12-11(7-9)20-14(15)16-12/h6-8H,2-5H2,1H3,(H2,15,16). The third kappa shape index (κ3) is 2.36. The summed E-state index contributed by atoms with van der Waals surface area (Å²) < 4.78 is 11.2. The number of hydrogen-bond donors (Lipinski definition) is 1. The number of rotatable bonds is 2. The zero-order valence-electron chi connectivity index (χ0n) is 11.2. The highest BCUT2D eigenvalue weighted by atomic mass is 32.1. The van der Waals surface area contributed by atoms with Crippen LogP contribution in [-0.4, -0.2) is 31.3 Å². The second-order valence-corrected chi connectivity index (χ2v) is 5.90. The van der Waals surface area contributed by atoms with E-state index in [1.54, 1.807) is 6.07 Å². The Balaban J connectivity index is 2.13. The van der Waals surface area contributed by atoms with E-state index < -0.39 is 0 Å². The van der Waals surface area contributed by atoms with Crippen LogP contribution < -0.4 is 5.73 Å². The zero-order chi connectivity index (χ0) is 14.1. The van der Waals surface area contributed by atoms with Crippen LogP contribution >= 0.6 is 11.3 Å². The van der Waals surface area contributed by atoms with Crippen LogP contribution in [0.3, 0.4) is 0 Å². The van der Waals surface area contributed by atoms with E-state index in [0.717, 1.165) is 41.8 Å². The van der Waals surface area contributed by atoms with Crippen molar-refractivity contribution in [2.24, 2.45) is 0 Å². The summed E-state index contributed by atoms with van der Waals surface area (Å²) in [4.78, 5) is 16.2. The number of fused-ring (bicyclic) bond motifs is 1. The van der Waals surface area contributed by atoms with Gasteiger partial charge in [-0.3, -0.25) is 0 Å². The molecule has 1 aliphatic rings. The highest BCUT2D eigenvalue weighted by molar-refractivity contribution is 7.22. The fraction of sp³-hybridized carbons (Fsp3) is 0.429. The lowest BCUT2D eigenvalue weighted by Gasteiger charge is -2.23. The minimum absolute atomic E-state index is 0.327. The van der Waals surface area contributed by atoms with Gasteiger partial charge in [0.05, 0.1) is 22.9 Å². The Bertz CT molecular complexity index is 647. The first-order valence-corrected chi connectivity index (χ1v) is 7.36. The fourth-order valence-corrected chi connectivity index (χ4v) is 3.44. The van der Waals surface area contributed by atoms with Gasteiger partial charge in [-0.25, -0.2) is 9.78 Å². The zero-order valence-corrected chi connectivity index (χ0v) is 12.0. The van der Waals surface area contributed by atoms with Crippen molar-refractivity contribution in [1.29, 1.82) is 0 Å². The van der Waals surface area contributed by atoms with Crippen molar-refractivity contribution in [3.63, 3.8) is 0 Å². The fourth-order valence-electron chi connectivity index (χ4n) is 2.63. The maximum atomic E-state index is 11.8. The number of esters is 1. The molecule has 2 heterocycles. The van der Waals surface area contributed by atoms with Gasteiger partial charge in [-0.05, 0) is 36.5 Å². The minimum atomic E-state index is -0.327. The van der Waals surface area contributed by atoms with E-state index in [0.29, 0.717) is 16.6 Å². The predicted octanol–water partition coefficient (Wildman–Crippen LogP) is 2.56. The molecule has 0 saturated carbocycles. The average Bonchev–Trinajstić information content (AvgIpc) is 2.86. The molecule has 106 valence electrons. The number of carbonyl (C=O) groups excluding carboxylic acids is 1. The number of ether oxygens (including phenoxy) is 2. The van der Waals surface area contributed by atoms with Gasteiger partial charge < -0.3 is 15.2 Å². The molecule has 6 heteroatoms. The molecular weight excluding hydrogens is 276 g/mol. The van der Waals surface area contributed by atoms with E-state index in [1.807, 2.05) is 6.07 Å².